The normalized spacial score (nSPS) is 34.0. The minimum Gasteiger partial charge on any atom is -0.272 e. The van der Waals surface area contributed by atoms with Crippen molar-refractivity contribution in [2.45, 2.75) is 12.8 Å². The molecular weight excluding hydrogens is 264 g/mol. The number of hydrazone groups is 1. The molecule has 4 nitrogen and oxygen atoms in total. The Morgan fingerprint density at radius 2 is 1.52 bits per heavy atom. The van der Waals surface area contributed by atoms with E-state index in [9.17, 15) is 9.59 Å². The number of fused-ring (bicyclic) bond motifs is 1. The third-order valence-corrected chi connectivity index (χ3v) is 4.86. The summed E-state index contributed by atoms with van der Waals surface area (Å²) in [7, 11) is 0. The Morgan fingerprint density at radius 1 is 0.952 bits per heavy atom. The van der Waals surface area contributed by atoms with Gasteiger partial charge in [0.15, 0.2) is 0 Å². The minimum atomic E-state index is -0.186. The van der Waals surface area contributed by atoms with Gasteiger partial charge >= 0.3 is 0 Å². The average Bonchev–Trinajstić information content (AvgIpc) is 2.81. The molecule has 21 heavy (non-hydrogen) atoms. The van der Waals surface area contributed by atoms with Crippen LogP contribution in [0.2, 0.25) is 0 Å². The van der Waals surface area contributed by atoms with Crippen LogP contribution in [0.25, 0.3) is 0 Å². The first-order valence-corrected chi connectivity index (χ1v) is 7.41. The van der Waals surface area contributed by atoms with Crippen molar-refractivity contribution in [2.24, 2.45) is 28.8 Å². The molecule has 4 atom stereocenters. The second-order valence-electron chi connectivity index (χ2n) is 5.99. The molecule has 4 unspecified atom stereocenters. The Hall–Kier alpha value is -2.23. The first-order valence-electron chi connectivity index (χ1n) is 7.41. The summed E-state index contributed by atoms with van der Waals surface area (Å²) in [6.45, 7) is 0. The van der Waals surface area contributed by atoms with E-state index in [1.165, 1.54) is 0 Å². The zero-order chi connectivity index (χ0) is 14.4. The molecule has 2 bridgehead atoms. The van der Waals surface area contributed by atoms with E-state index in [2.05, 4.69) is 17.3 Å². The van der Waals surface area contributed by atoms with Crippen LogP contribution in [-0.4, -0.2) is 23.0 Å². The highest BCUT2D eigenvalue weighted by Gasteiger charge is 2.56. The maximum atomic E-state index is 12.5. The summed E-state index contributed by atoms with van der Waals surface area (Å²) in [4.78, 5) is 25.0. The summed E-state index contributed by atoms with van der Waals surface area (Å²) in [6.07, 6.45) is 7.84. The molecule has 1 aromatic carbocycles. The molecule has 4 heteroatoms. The van der Waals surface area contributed by atoms with Gasteiger partial charge in [-0.25, -0.2) is 0 Å². The van der Waals surface area contributed by atoms with Crippen molar-refractivity contribution in [3.05, 3.63) is 48.0 Å². The second kappa shape index (κ2) is 4.65. The molecule has 0 aromatic heterocycles. The number of hydrogen-bond donors (Lipinski definition) is 0. The lowest BCUT2D eigenvalue weighted by molar-refractivity contribution is -0.140. The van der Waals surface area contributed by atoms with Crippen molar-refractivity contribution in [3.63, 3.8) is 0 Å². The predicted octanol–water partition coefficient (Wildman–Crippen LogP) is 2.22. The van der Waals surface area contributed by atoms with Gasteiger partial charge in [-0.05, 0) is 30.2 Å². The third-order valence-electron chi connectivity index (χ3n) is 4.86. The molecule has 106 valence electrons. The molecule has 1 heterocycles. The van der Waals surface area contributed by atoms with Gasteiger partial charge in [0.05, 0.1) is 18.1 Å². The SMILES string of the molecule is O=C1C2C3C=CC(CC3)C2C(=O)N1/N=C/c1ccccc1. The number of hydrogen-bond acceptors (Lipinski definition) is 3. The van der Waals surface area contributed by atoms with E-state index in [1.54, 1.807) is 6.21 Å². The van der Waals surface area contributed by atoms with Gasteiger partial charge < -0.3 is 0 Å². The second-order valence-corrected chi connectivity index (χ2v) is 5.99. The van der Waals surface area contributed by atoms with Crippen molar-refractivity contribution < 1.29 is 9.59 Å². The number of amides is 2. The van der Waals surface area contributed by atoms with Crippen molar-refractivity contribution >= 4 is 18.0 Å². The van der Waals surface area contributed by atoms with E-state index in [0.29, 0.717) is 0 Å². The molecule has 1 aromatic rings. The summed E-state index contributed by atoms with van der Waals surface area (Å²) in [5.74, 6) is -0.197. The molecule has 3 aliphatic carbocycles. The third kappa shape index (κ3) is 1.86. The van der Waals surface area contributed by atoms with Gasteiger partial charge in [-0.2, -0.15) is 10.1 Å². The Bertz CT molecular complexity index is 618. The van der Waals surface area contributed by atoms with Crippen LogP contribution in [0.15, 0.2) is 47.6 Å². The Kier molecular flexibility index (Phi) is 2.77. The summed E-state index contributed by atoms with van der Waals surface area (Å²) < 4.78 is 0. The summed E-state index contributed by atoms with van der Waals surface area (Å²) in [5.41, 5.74) is 0.883. The number of imide groups is 1. The number of rotatable bonds is 2. The first-order chi connectivity index (χ1) is 10.3. The highest BCUT2D eigenvalue weighted by atomic mass is 16.2. The fourth-order valence-electron chi connectivity index (χ4n) is 3.84. The zero-order valence-electron chi connectivity index (χ0n) is 11.6. The number of carbonyl (C=O) groups excluding carboxylic acids is 2. The maximum Gasteiger partial charge on any atom is 0.254 e. The molecular formula is C17H16N2O2. The van der Waals surface area contributed by atoms with Crippen molar-refractivity contribution in [1.82, 2.24) is 5.01 Å². The summed E-state index contributed by atoms with van der Waals surface area (Å²) >= 11 is 0. The highest BCUT2D eigenvalue weighted by molar-refractivity contribution is 6.06. The molecule has 0 spiro atoms. The van der Waals surface area contributed by atoms with Crippen LogP contribution in [0, 0.1) is 23.7 Å². The summed E-state index contributed by atoms with van der Waals surface area (Å²) in [5, 5.41) is 5.26. The number of carbonyl (C=O) groups is 2. The van der Waals surface area contributed by atoms with Crippen molar-refractivity contribution in [2.75, 3.05) is 0 Å². The summed E-state index contributed by atoms with van der Waals surface area (Å²) in [6, 6.07) is 9.51. The molecule has 2 fully saturated rings. The first kappa shape index (κ1) is 12.5. The zero-order valence-corrected chi connectivity index (χ0v) is 11.6. The van der Waals surface area contributed by atoms with E-state index < -0.39 is 0 Å². The monoisotopic (exact) mass is 280 g/mol. The quantitative estimate of drug-likeness (QED) is 0.474. The lowest BCUT2D eigenvalue weighted by Gasteiger charge is -2.37. The maximum absolute atomic E-state index is 12.5. The van der Waals surface area contributed by atoms with Crippen molar-refractivity contribution in [3.8, 4) is 0 Å². The highest BCUT2D eigenvalue weighted by Crippen LogP contribution is 2.49. The average molecular weight is 280 g/mol. The number of nitrogens with zero attached hydrogens (tertiary/aromatic N) is 2. The predicted molar refractivity (Wildman–Crippen MR) is 78.2 cm³/mol. The van der Waals surface area contributed by atoms with Crippen LogP contribution in [0.3, 0.4) is 0 Å². The van der Waals surface area contributed by atoms with Gasteiger partial charge in [0.1, 0.15) is 0 Å². The van der Waals surface area contributed by atoms with Crippen LogP contribution >= 0.6 is 0 Å². The van der Waals surface area contributed by atoms with E-state index in [-0.39, 0.29) is 35.5 Å². The molecule has 2 amide bonds. The number of benzene rings is 1. The van der Waals surface area contributed by atoms with Gasteiger partial charge in [-0.3, -0.25) is 9.59 Å². The Balaban J connectivity index is 1.62. The van der Waals surface area contributed by atoms with Crippen LogP contribution in [0.1, 0.15) is 18.4 Å². The van der Waals surface area contributed by atoms with E-state index in [0.717, 1.165) is 23.4 Å². The Labute approximate surface area is 123 Å². The van der Waals surface area contributed by atoms with Gasteiger partial charge in [0.2, 0.25) is 0 Å². The van der Waals surface area contributed by atoms with Crippen LogP contribution in [-0.2, 0) is 9.59 Å². The lowest BCUT2D eigenvalue weighted by atomic mass is 9.63. The molecule has 4 aliphatic rings. The lowest BCUT2D eigenvalue weighted by Crippen LogP contribution is -2.38. The smallest absolute Gasteiger partial charge is 0.254 e. The van der Waals surface area contributed by atoms with Gasteiger partial charge in [0, 0.05) is 0 Å². The fraction of sp³-hybridized carbons (Fsp3) is 0.353. The van der Waals surface area contributed by atoms with Crippen LogP contribution in [0.5, 0.6) is 0 Å². The minimum absolute atomic E-state index is 0.128. The molecule has 1 saturated carbocycles. The van der Waals surface area contributed by atoms with Crippen LogP contribution in [0.4, 0.5) is 0 Å². The number of allylic oxidation sites excluding steroid dienone is 2. The van der Waals surface area contributed by atoms with E-state index >= 15 is 0 Å². The topological polar surface area (TPSA) is 49.7 Å². The molecule has 5 rings (SSSR count). The molecule has 1 aliphatic heterocycles. The van der Waals surface area contributed by atoms with E-state index in [1.807, 2.05) is 30.3 Å². The molecule has 0 radical (unpaired) electrons. The van der Waals surface area contributed by atoms with Crippen molar-refractivity contribution in [1.29, 1.82) is 0 Å². The van der Waals surface area contributed by atoms with Gasteiger partial charge in [-0.15, -0.1) is 0 Å². The van der Waals surface area contributed by atoms with Crippen LogP contribution < -0.4 is 0 Å². The van der Waals surface area contributed by atoms with E-state index in [4.69, 9.17) is 0 Å². The van der Waals surface area contributed by atoms with Gasteiger partial charge in [-0.1, -0.05) is 42.5 Å². The largest absolute Gasteiger partial charge is 0.272 e. The molecule has 1 saturated heterocycles. The standard InChI is InChI=1S/C17H16N2O2/c20-16-14-12-6-7-13(9-8-12)15(14)17(21)19(16)18-10-11-4-2-1-3-5-11/h1-7,10,12-15H,8-9H2/b18-10+. The molecule has 0 N–H and O–H groups in total. The van der Waals surface area contributed by atoms with Gasteiger partial charge in [0.25, 0.3) is 11.8 Å². The fourth-order valence-corrected chi connectivity index (χ4v) is 3.84. The Morgan fingerprint density at radius 3 is 2.05 bits per heavy atom.